The van der Waals surface area contributed by atoms with Gasteiger partial charge in [-0.1, -0.05) is 0 Å². The Kier molecular flexibility index (Phi) is 7.22. The van der Waals surface area contributed by atoms with Crippen LogP contribution >= 0.6 is 0 Å². The van der Waals surface area contributed by atoms with Crippen LogP contribution in [0.2, 0.25) is 0 Å². The van der Waals surface area contributed by atoms with E-state index in [2.05, 4.69) is 0 Å². The van der Waals surface area contributed by atoms with E-state index < -0.39 is 22.6 Å². The molecule has 9 nitrogen and oxygen atoms in total. The molecule has 1 aliphatic heterocycles. The summed E-state index contributed by atoms with van der Waals surface area (Å²) in [5.74, 6) is -0.335. The Morgan fingerprint density at radius 1 is 1.12 bits per heavy atom. The molecule has 32 heavy (non-hydrogen) atoms. The highest BCUT2D eigenvalue weighted by Gasteiger charge is 2.29. The number of piperazine rings is 1. The summed E-state index contributed by atoms with van der Waals surface area (Å²) in [6, 6.07) is 13.3. The minimum atomic E-state index is -3.63. The van der Waals surface area contributed by atoms with Gasteiger partial charge in [0.1, 0.15) is 17.6 Å². The number of hydrogen-bond donors (Lipinski definition) is 1. The number of rotatable bonds is 8. The molecule has 0 saturated carbocycles. The molecule has 1 fully saturated rings. The maximum atomic E-state index is 13.0. The molecular formula is C22H25N3O6S. The Morgan fingerprint density at radius 3 is 2.34 bits per heavy atom. The molecular weight excluding hydrogens is 434 g/mol. The summed E-state index contributed by atoms with van der Waals surface area (Å²) in [4.78, 5) is 13.0. The van der Waals surface area contributed by atoms with Gasteiger partial charge in [-0.3, -0.25) is 0 Å². The summed E-state index contributed by atoms with van der Waals surface area (Å²) in [6.45, 7) is 4.72. The third kappa shape index (κ3) is 5.49. The van der Waals surface area contributed by atoms with E-state index in [1.54, 1.807) is 42.5 Å². The van der Waals surface area contributed by atoms with Crippen LogP contribution in [-0.2, 0) is 14.8 Å². The first kappa shape index (κ1) is 23.4. The topological polar surface area (TPSA) is 120 Å². The minimum absolute atomic E-state index is 0.00260. The third-order valence-corrected chi connectivity index (χ3v) is 6.79. The number of carbonyl (C=O) groups is 1. The first-order chi connectivity index (χ1) is 15.2. The highest BCUT2D eigenvalue weighted by Crippen LogP contribution is 2.28. The highest BCUT2D eigenvalue weighted by atomic mass is 32.2. The Hall–Kier alpha value is -3.29. The summed E-state index contributed by atoms with van der Waals surface area (Å²) >= 11 is 0. The Labute approximate surface area is 187 Å². The summed E-state index contributed by atoms with van der Waals surface area (Å²) < 4.78 is 38.2. The lowest BCUT2D eigenvalue weighted by Crippen LogP contribution is -2.48. The van der Waals surface area contributed by atoms with Crippen LogP contribution in [0.25, 0.3) is 0 Å². The first-order valence-electron chi connectivity index (χ1n) is 10.1. The molecule has 0 atom stereocenters. The van der Waals surface area contributed by atoms with Gasteiger partial charge in [-0.2, -0.15) is 9.57 Å². The van der Waals surface area contributed by atoms with E-state index in [9.17, 15) is 18.5 Å². The molecule has 2 aromatic rings. The molecule has 170 valence electrons. The molecule has 0 spiro atoms. The molecule has 0 aliphatic carbocycles. The number of anilines is 1. The van der Waals surface area contributed by atoms with Crippen molar-refractivity contribution >= 4 is 21.7 Å². The number of hydrogen-bond acceptors (Lipinski definition) is 7. The minimum Gasteiger partial charge on any atom is -0.491 e. The number of benzene rings is 2. The number of nitriles is 1. The number of aliphatic carboxylic acids is 1. The highest BCUT2D eigenvalue weighted by molar-refractivity contribution is 7.89. The van der Waals surface area contributed by atoms with Crippen molar-refractivity contribution in [2.45, 2.75) is 24.8 Å². The van der Waals surface area contributed by atoms with Gasteiger partial charge < -0.3 is 19.5 Å². The first-order valence-corrected chi connectivity index (χ1v) is 11.6. The van der Waals surface area contributed by atoms with Crippen LogP contribution in [0.5, 0.6) is 11.5 Å². The molecule has 2 aromatic carbocycles. The maximum absolute atomic E-state index is 13.0. The van der Waals surface area contributed by atoms with Gasteiger partial charge in [0.15, 0.2) is 6.61 Å². The van der Waals surface area contributed by atoms with Crippen LogP contribution in [-0.4, -0.2) is 62.7 Å². The van der Waals surface area contributed by atoms with Crippen molar-refractivity contribution in [3.63, 3.8) is 0 Å². The van der Waals surface area contributed by atoms with Gasteiger partial charge in [0.25, 0.3) is 0 Å². The predicted molar refractivity (Wildman–Crippen MR) is 117 cm³/mol. The second-order valence-corrected chi connectivity index (χ2v) is 9.44. The van der Waals surface area contributed by atoms with Gasteiger partial charge in [-0.15, -0.1) is 0 Å². The van der Waals surface area contributed by atoms with Gasteiger partial charge in [0, 0.05) is 37.9 Å². The fourth-order valence-electron chi connectivity index (χ4n) is 3.36. The van der Waals surface area contributed by atoms with Crippen LogP contribution in [0.3, 0.4) is 0 Å². The molecule has 3 rings (SSSR count). The average Bonchev–Trinajstić information content (AvgIpc) is 2.77. The summed E-state index contributed by atoms with van der Waals surface area (Å²) in [5, 5.41) is 18.0. The zero-order valence-corrected chi connectivity index (χ0v) is 18.7. The Bertz CT molecular complexity index is 1100. The van der Waals surface area contributed by atoms with Gasteiger partial charge >= 0.3 is 5.97 Å². The lowest BCUT2D eigenvalue weighted by molar-refractivity contribution is -0.139. The van der Waals surface area contributed by atoms with Gasteiger partial charge in [0.05, 0.1) is 16.6 Å². The predicted octanol–water partition coefficient (Wildman–Crippen LogP) is 2.32. The van der Waals surface area contributed by atoms with Crippen molar-refractivity contribution in [1.82, 2.24) is 4.31 Å². The van der Waals surface area contributed by atoms with Crippen molar-refractivity contribution in [2.24, 2.45) is 0 Å². The second-order valence-electron chi connectivity index (χ2n) is 7.50. The molecule has 1 heterocycles. The standard InChI is InChI=1S/C22H25N3O6S/c1-16(2)31-19-5-7-20(8-6-19)32(28,29)25-11-9-24(10-12-25)18-4-3-17(14-23)21(13-18)30-15-22(26)27/h3-8,13,16H,9-12,15H2,1-2H3,(H,26,27). The fourth-order valence-corrected chi connectivity index (χ4v) is 4.78. The zero-order chi connectivity index (χ0) is 23.3. The molecule has 0 bridgehead atoms. The van der Waals surface area contributed by atoms with Crippen LogP contribution in [0.1, 0.15) is 19.4 Å². The number of carboxylic acids is 1. The monoisotopic (exact) mass is 459 g/mol. The van der Waals surface area contributed by atoms with Gasteiger partial charge in [0.2, 0.25) is 10.0 Å². The molecule has 0 amide bonds. The lowest BCUT2D eigenvalue weighted by atomic mass is 10.1. The summed E-state index contributed by atoms with van der Waals surface area (Å²) in [5.41, 5.74) is 0.970. The summed E-state index contributed by atoms with van der Waals surface area (Å²) in [7, 11) is -3.63. The van der Waals surface area contributed by atoms with E-state index in [-0.39, 0.29) is 35.4 Å². The summed E-state index contributed by atoms with van der Waals surface area (Å²) in [6.07, 6.45) is 0.00260. The Balaban J connectivity index is 1.68. The number of sulfonamides is 1. The fraction of sp³-hybridized carbons (Fsp3) is 0.364. The van der Waals surface area contributed by atoms with E-state index in [0.717, 1.165) is 5.69 Å². The quantitative estimate of drug-likeness (QED) is 0.639. The normalized spacial score (nSPS) is 14.8. The van der Waals surface area contributed by atoms with E-state index in [4.69, 9.17) is 14.6 Å². The molecule has 0 unspecified atom stereocenters. The zero-order valence-electron chi connectivity index (χ0n) is 17.9. The SMILES string of the molecule is CC(C)Oc1ccc(S(=O)(=O)N2CCN(c3ccc(C#N)c(OCC(=O)O)c3)CC2)cc1. The molecule has 1 aliphatic rings. The molecule has 0 aromatic heterocycles. The number of carboxylic acid groups (broad SMARTS) is 1. The smallest absolute Gasteiger partial charge is 0.341 e. The molecule has 0 radical (unpaired) electrons. The van der Waals surface area contributed by atoms with Crippen molar-refractivity contribution in [3.05, 3.63) is 48.0 Å². The van der Waals surface area contributed by atoms with Crippen molar-refractivity contribution < 1.29 is 27.8 Å². The maximum Gasteiger partial charge on any atom is 0.341 e. The van der Waals surface area contributed by atoms with E-state index in [0.29, 0.717) is 18.8 Å². The van der Waals surface area contributed by atoms with Gasteiger partial charge in [-0.05, 0) is 50.2 Å². The van der Waals surface area contributed by atoms with E-state index in [1.165, 1.54) is 4.31 Å². The number of nitrogens with zero attached hydrogens (tertiary/aromatic N) is 3. The number of ether oxygens (including phenoxy) is 2. The van der Waals surface area contributed by atoms with Crippen molar-refractivity contribution in [3.8, 4) is 17.6 Å². The van der Waals surface area contributed by atoms with Crippen LogP contribution in [0, 0.1) is 11.3 Å². The largest absolute Gasteiger partial charge is 0.491 e. The van der Waals surface area contributed by atoms with Crippen molar-refractivity contribution in [2.75, 3.05) is 37.7 Å². The molecule has 10 heteroatoms. The Morgan fingerprint density at radius 2 is 1.78 bits per heavy atom. The van der Waals surface area contributed by atoms with Crippen LogP contribution in [0.15, 0.2) is 47.4 Å². The second kappa shape index (κ2) is 9.89. The molecule has 1 N–H and O–H groups in total. The third-order valence-electron chi connectivity index (χ3n) is 4.87. The van der Waals surface area contributed by atoms with Crippen molar-refractivity contribution in [1.29, 1.82) is 5.26 Å². The molecule has 1 saturated heterocycles. The van der Waals surface area contributed by atoms with Crippen LogP contribution < -0.4 is 14.4 Å². The van der Waals surface area contributed by atoms with E-state index >= 15 is 0 Å². The average molecular weight is 460 g/mol. The van der Waals surface area contributed by atoms with E-state index in [1.807, 2.05) is 24.8 Å². The van der Waals surface area contributed by atoms with Gasteiger partial charge in [-0.25, -0.2) is 13.2 Å². The van der Waals surface area contributed by atoms with Crippen LogP contribution in [0.4, 0.5) is 5.69 Å². The lowest BCUT2D eigenvalue weighted by Gasteiger charge is -2.35.